The maximum absolute atomic E-state index is 12.7. The van der Waals surface area contributed by atoms with Crippen molar-refractivity contribution in [1.82, 2.24) is 5.32 Å². The van der Waals surface area contributed by atoms with E-state index in [1.807, 2.05) is 6.92 Å². The van der Waals surface area contributed by atoms with Crippen molar-refractivity contribution >= 4 is 50.3 Å². The molecule has 0 saturated heterocycles. The van der Waals surface area contributed by atoms with Crippen molar-refractivity contribution in [2.24, 2.45) is 0 Å². The molecule has 0 bridgehead atoms. The molecule has 2 rings (SSSR count). The number of halogens is 1. The normalized spacial score (nSPS) is 11.0. The van der Waals surface area contributed by atoms with E-state index in [0.29, 0.717) is 27.1 Å². The lowest BCUT2D eigenvalue weighted by Crippen LogP contribution is -2.29. The van der Waals surface area contributed by atoms with Gasteiger partial charge >= 0.3 is 0 Å². The molecule has 0 saturated carbocycles. The molecule has 5 nitrogen and oxygen atoms in total. The van der Waals surface area contributed by atoms with E-state index in [4.69, 9.17) is 23.8 Å². The van der Waals surface area contributed by atoms with Gasteiger partial charge in [-0.05, 0) is 67.5 Å². The van der Waals surface area contributed by atoms with Gasteiger partial charge < -0.3 is 10.6 Å². The quantitative estimate of drug-likeness (QED) is 0.639. The minimum absolute atomic E-state index is 0.186. The molecule has 2 aromatic rings. The van der Waals surface area contributed by atoms with Gasteiger partial charge in [0.15, 0.2) is 5.11 Å². The van der Waals surface area contributed by atoms with Crippen LogP contribution in [0.25, 0.3) is 0 Å². The van der Waals surface area contributed by atoms with Crippen LogP contribution in [0.15, 0.2) is 47.4 Å². The number of rotatable bonds is 6. The highest BCUT2D eigenvalue weighted by atomic mass is 35.5. The molecule has 8 heteroatoms. The molecule has 0 heterocycles. The summed E-state index contributed by atoms with van der Waals surface area (Å²) < 4.78 is 27.9. The van der Waals surface area contributed by atoms with Gasteiger partial charge in [0.1, 0.15) is 0 Å². The summed E-state index contributed by atoms with van der Waals surface area (Å²) in [6.45, 7) is 4.53. The van der Waals surface area contributed by atoms with Gasteiger partial charge in [0, 0.05) is 22.9 Å². The van der Waals surface area contributed by atoms with E-state index >= 15 is 0 Å². The number of hydrogen-bond acceptors (Lipinski definition) is 3. The van der Waals surface area contributed by atoms with Gasteiger partial charge in [0.25, 0.3) is 10.0 Å². The second-order valence-electron chi connectivity index (χ2n) is 5.47. The Morgan fingerprint density at radius 1 is 1.12 bits per heavy atom. The Hall–Kier alpha value is -1.83. The van der Waals surface area contributed by atoms with Crippen molar-refractivity contribution in [1.29, 1.82) is 0 Å². The largest absolute Gasteiger partial charge is 0.362 e. The summed E-state index contributed by atoms with van der Waals surface area (Å²) in [7, 11) is -3.73. The standard InChI is InChI=1S/C17H20ClN3O2S2/c1-3-10-19-17(24)20-15-7-4-12(2)16(11-15)25(22,23)21-14-8-5-13(18)6-9-14/h4-9,11,21H,3,10H2,1-2H3,(H2,19,20,24). The number of nitrogens with one attached hydrogen (secondary N) is 3. The van der Waals surface area contributed by atoms with Crippen LogP contribution in [-0.4, -0.2) is 20.1 Å². The highest BCUT2D eigenvalue weighted by Crippen LogP contribution is 2.23. The maximum atomic E-state index is 12.7. The third kappa shape index (κ3) is 5.59. The first-order valence-corrected chi connectivity index (χ1v) is 10.0. The molecule has 134 valence electrons. The van der Waals surface area contributed by atoms with Gasteiger partial charge in [0.2, 0.25) is 0 Å². The lowest BCUT2D eigenvalue weighted by Gasteiger charge is -2.14. The van der Waals surface area contributed by atoms with E-state index in [1.165, 1.54) is 0 Å². The highest BCUT2D eigenvalue weighted by Gasteiger charge is 2.18. The molecule has 0 atom stereocenters. The molecule has 0 spiro atoms. The molecule has 0 fully saturated rings. The predicted octanol–water partition coefficient (Wildman–Crippen LogP) is 4.15. The molecule has 0 unspecified atom stereocenters. The van der Waals surface area contributed by atoms with E-state index < -0.39 is 10.0 Å². The zero-order valence-electron chi connectivity index (χ0n) is 14.0. The fourth-order valence-electron chi connectivity index (χ4n) is 2.11. The Morgan fingerprint density at radius 3 is 2.40 bits per heavy atom. The predicted molar refractivity (Wildman–Crippen MR) is 108 cm³/mol. The molecular weight excluding hydrogens is 378 g/mol. The van der Waals surface area contributed by atoms with E-state index in [-0.39, 0.29) is 4.90 Å². The lowest BCUT2D eigenvalue weighted by molar-refractivity contribution is 0.600. The number of aryl methyl sites for hydroxylation is 1. The highest BCUT2D eigenvalue weighted by molar-refractivity contribution is 7.92. The van der Waals surface area contributed by atoms with Crippen molar-refractivity contribution in [3.05, 3.63) is 53.1 Å². The van der Waals surface area contributed by atoms with Crippen LogP contribution in [0.1, 0.15) is 18.9 Å². The Morgan fingerprint density at radius 2 is 1.76 bits per heavy atom. The van der Waals surface area contributed by atoms with Crippen LogP contribution in [0, 0.1) is 6.92 Å². The minimum atomic E-state index is -3.73. The van der Waals surface area contributed by atoms with E-state index in [0.717, 1.165) is 13.0 Å². The Balaban J connectivity index is 2.23. The van der Waals surface area contributed by atoms with Crippen molar-refractivity contribution in [3.63, 3.8) is 0 Å². The van der Waals surface area contributed by atoms with Gasteiger partial charge in [-0.15, -0.1) is 0 Å². The third-order valence-corrected chi connectivity index (χ3v) is 5.39. The van der Waals surface area contributed by atoms with Crippen LogP contribution in [0.5, 0.6) is 0 Å². The molecule has 2 aromatic carbocycles. The summed E-state index contributed by atoms with van der Waals surface area (Å²) in [5.41, 5.74) is 1.69. The molecule has 0 aliphatic carbocycles. The molecule has 0 radical (unpaired) electrons. The first-order valence-electron chi connectivity index (χ1n) is 7.75. The number of anilines is 2. The van der Waals surface area contributed by atoms with Crippen molar-refractivity contribution in [2.75, 3.05) is 16.6 Å². The monoisotopic (exact) mass is 397 g/mol. The lowest BCUT2D eigenvalue weighted by atomic mass is 10.2. The van der Waals surface area contributed by atoms with Gasteiger partial charge in [0.05, 0.1) is 4.90 Å². The minimum Gasteiger partial charge on any atom is -0.362 e. The number of sulfonamides is 1. The fraction of sp³-hybridized carbons (Fsp3) is 0.235. The van der Waals surface area contributed by atoms with Gasteiger partial charge in [-0.3, -0.25) is 4.72 Å². The smallest absolute Gasteiger partial charge is 0.262 e. The van der Waals surface area contributed by atoms with Gasteiger partial charge in [-0.1, -0.05) is 24.6 Å². The summed E-state index contributed by atoms with van der Waals surface area (Å²) in [6.07, 6.45) is 0.945. The van der Waals surface area contributed by atoms with E-state index in [9.17, 15) is 8.42 Å². The van der Waals surface area contributed by atoms with Crippen LogP contribution < -0.4 is 15.4 Å². The number of thiocarbonyl (C=S) groups is 1. The summed E-state index contributed by atoms with van der Waals surface area (Å²) in [4.78, 5) is 0.186. The van der Waals surface area contributed by atoms with Crippen LogP contribution in [-0.2, 0) is 10.0 Å². The molecule has 0 amide bonds. The second kappa shape index (κ2) is 8.51. The Kier molecular flexibility index (Phi) is 6.64. The van der Waals surface area contributed by atoms with E-state index in [2.05, 4.69) is 15.4 Å². The molecular formula is C17H20ClN3O2S2. The summed E-state index contributed by atoms with van der Waals surface area (Å²) in [6, 6.07) is 11.6. The van der Waals surface area contributed by atoms with Crippen LogP contribution in [0.3, 0.4) is 0 Å². The molecule has 0 aromatic heterocycles. The van der Waals surface area contributed by atoms with Crippen molar-refractivity contribution in [3.8, 4) is 0 Å². The van der Waals surface area contributed by atoms with Crippen molar-refractivity contribution < 1.29 is 8.42 Å². The van der Waals surface area contributed by atoms with Crippen LogP contribution in [0.4, 0.5) is 11.4 Å². The Bertz CT molecular complexity index is 853. The average Bonchev–Trinajstić information content (AvgIpc) is 2.56. The van der Waals surface area contributed by atoms with Crippen molar-refractivity contribution in [2.45, 2.75) is 25.2 Å². The van der Waals surface area contributed by atoms with Gasteiger partial charge in [-0.25, -0.2) is 8.42 Å². The van der Waals surface area contributed by atoms with Crippen LogP contribution in [0.2, 0.25) is 5.02 Å². The zero-order valence-corrected chi connectivity index (χ0v) is 16.4. The summed E-state index contributed by atoms with van der Waals surface area (Å²) in [5, 5.41) is 7.04. The second-order valence-corrected chi connectivity index (χ2v) is 7.97. The first-order chi connectivity index (χ1) is 11.8. The summed E-state index contributed by atoms with van der Waals surface area (Å²) >= 11 is 11.0. The fourth-order valence-corrected chi connectivity index (χ4v) is 3.79. The molecule has 3 N–H and O–H groups in total. The average molecular weight is 398 g/mol. The van der Waals surface area contributed by atoms with Gasteiger partial charge in [-0.2, -0.15) is 0 Å². The third-order valence-electron chi connectivity index (χ3n) is 3.37. The van der Waals surface area contributed by atoms with E-state index in [1.54, 1.807) is 49.4 Å². The molecule has 0 aliphatic rings. The SMILES string of the molecule is CCCNC(=S)Nc1ccc(C)c(S(=O)(=O)Nc2ccc(Cl)cc2)c1. The number of hydrogen-bond donors (Lipinski definition) is 3. The molecule has 25 heavy (non-hydrogen) atoms. The Labute approximate surface area is 158 Å². The number of benzene rings is 2. The first kappa shape index (κ1) is 19.5. The zero-order chi connectivity index (χ0) is 18.4. The summed E-state index contributed by atoms with van der Waals surface area (Å²) in [5.74, 6) is 0. The molecule has 0 aliphatic heterocycles. The maximum Gasteiger partial charge on any atom is 0.262 e. The van der Waals surface area contributed by atoms with Crippen LogP contribution >= 0.6 is 23.8 Å². The topological polar surface area (TPSA) is 70.2 Å².